The Hall–Kier alpha value is -1.03. The standard InChI is InChI=1S/C12H12Cl2N2O/c1-8-4-11(16-17-8)7-15-6-9-2-3-10(13)5-12(9)14/h2-5,15H,6-7H2,1H3. The van der Waals surface area contributed by atoms with Crippen molar-refractivity contribution in [1.82, 2.24) is 10.5 Å². The van der Waals surface area contributed by atoms with Gasteiger partial charge in [-0.25, -0.2) is 0 Å². The van der Waals surface area contributed by atoms with Gasteiger partial charge in [0.2, 0.25) is 0 Å². The zero-order chi connectivity index (χ0) is 12.3. The summed E-state index contributed by atoms with van der Waals surface area (Å²) in [6, 6.07) is 7.37. The summed E-state index contributed by atoms with van der Waals surface area (Å²) in [7, 11) is 0. The molecule has 0 aliphatic rings. The van der Waals surface area contributed by atoms with E-state index in [1.807, 2.05) is 25.1 Å². The molecule has 0 unspecified atom stereocenters. The van der Waals surface area contributed by atoms with E-state index < -0.39 is 0 Å². The van der Waals surface area contributed by atoms with Crippen LogP contribution in [0.25, 0.3) is 0 Å². The van der Waals surface area contributed by atoms with E-state index >= 15 is 0 Å². The predicted molar refractivity (Wildman–Crippen MR) is 68.2 cm³/mol. The van der Waals surface area contributed by atoms with Gasteiger partial charge in [-0.15, -0.1) is 0 Å². The molecule has 0 fully saturated rings. The maximum Gasteiger partial charge on any atom is 0.133 e. The molecule has 0 bridgehead atoms. The fourth-order valence-electron chi connectivity index (χ4n) is 1.49. The number of nitrogens with zero attached hydrogens (tertiary/aromatic N) is 1. The molecule has 0 aliphatic carbocycles. The lowest BCUT2D eigenvalue weighted by Gasteiger charge is -2.05. The minimum absolute atomic E-state index is 0.644. The van der Waals surface area contributed by atoms with Crippen molar-refractivity contribution in [2.24, 2.45) is 0 Å². The van der Waals surface area contributed by atoms with Crippen LogP contribution in [0.2, 0.25) is 10.0 Å². The lowest BCUT2D eigenvalue weighted by Crippen LogP contribution is -2.13. The minimum atomic E-state index is 0.644. The van der Waals surface area contributed by atoms with Gasteiger partial charge in [-0.05, 0) is 24.6 Å². The summed E-state index contributed by atoms with van der Waals surface area (Å²) >= 11 is 11.9. The van der Waals surface area contributed by atoms with Crippen LogP contribution in [0.4, 0.5) is 0 Å². The average Bonchev–Trinajstić information content (AvgIpc) is 2.68. The Morgan fingerprint density at radius 2 is 2.06 bits per heavy atom. The van der Waals surface area contributed by atoms with Crippen molar-refractivity contribution < 1.29 is 4.52 Å². The fourth-order valence-corrected chi connectivity index (χ4v) is 1.97. The topological polar surface area (TPSA) is 38.1 Å². The van der Waals surface area contributed by atoms with Crippen LogP contribution < -0.4 is 5.32 Å². The summed E-state index contributed by atoms with van der Waals surface area (Å²) in [6.07, 6.45) is 0. The first-order valence-corrected chi connectivity index (χ1v) is 5.97. The molecule has 1 aromatic heterocycles. The molecule has 0 saturated heterocycles. The maximum atomic E-state index is 6.06. The molecule has 0 spiro atoms. The largest absolute Gasteiger partial charge is 0.361 e. The smallest absolute Gasteiger partial charge is 0.133 e. The van der Waals surface area contributed by atoms with Crippen molar-refractivity contribution in [2.45, 2.75) is 20.0 Å². The number of aromatic nitrogens is 1. The number of hydrogen-bond donors (Lipinski definition) is 1. The van der Waals surface area contributed by atoms with Gasteiger partial charge in [0, 0.05) is 29.2 Å². The lowest BCUT2D eigenvalue weighted by atomic mass is 10.2. The van der Waals surface area contributed by atoms with Gasteiger partial charge >= 0.3 is 0 Å². The van der Waals surface area contributed by atoms with Gasteiger partial charge in [-0.3, -0.25) is 0 Å². The van der Waals surface area contributed by atoms with Gasteiger partial charge in [-0.2, -0.15) is 0 Å². The van der Waals surface area contributed by atoms with Crippen LogP contribution in [-0.2, 0) is 13.1 Å². The summed E-state index contributed by atoms with van der Waals surface area (Å²) < 4.78 is 4.97. The van der Waals surface area contributed by atoms with Crippen LogP contribution in [0.15, 0.2) is 28.8 Å². The van der Waals surface area contributed by atoms with Crippen molar-refractivity contribution in [3.05, 3.63) is 51.3 Å². The van der Waals surface area contributed by atoms with Crippen LogP contribution in [0, 0.1) is 6.92 Å². The van der Waals surface area contributed by atoms with Crippen molar-refractivity contribution in [1.29, 1.82) is 0 Å². The van der Waals surface area contributed by atoms with Crippen LogP contribution in [0.5, 0.6) is 0 Å². The summed E-state index contributed by atoms with van der Waals surface area (Å²) in [5.74, 6) is 0.811. The highest BCUT2D eigenvalue weighted by Gasteiger charge is 2.03. The Morgan fingerprint density at radius 1 is 1.24 bits per heavy atom. The third-order valence-electron chi connectivity index (χ3n) is 2.31. The monoisotopic (exact) mass is 270 g/mol. The fraction of sp³-hybridized carbons (Fsp3) is 0.250. The first-order chi connectivity index (χ1) is 8.15. The summed E-state index contributed by atoms with van der Waals surface area (Å²) in [5.41, 5.74) is 1.89. The lowest BCUT2D eigenvalue weighted by molar-refractivity contribution is 0.388. The van der Waals surface area contributed by atoms with Crippen LogP contribution >= 0.6 is 23.2 Å². The molecule has 2 aromatic rings. The third-order valence-corrected chi connectivity index (χ3v) is 2.90. The highest BCUT2D eigenvalue weighted by atomic mass is 35.5. The minimum Gasteiger partial charge on any atom is -0.361 e. The highest BCUT2D eigenvalue weighted by molar-refractivity contribution is 6.35. The zero-order valence-electron chi connectivity index (χ0n) is 9.34. The van der Waals surface area contributed by atoms with Crippen molar-refractivity contribution >= 4 is 23.2 Å². The molecule has 1 heterocycles. The molecule has 0 atom stereocenters. The van der Waals surface area contributed by atoms with Gasteiger partial charge in [0.05, 0.1) is 5.69 Å². The van der Waals surface area contributed by atoms with E-state index in [1.54, 1.807) is 6.07 Å². The van der Waals surface area contributed by atoms with Crippen molar-refractivity contribution in [3.63, 3.8) is 0 Å². The van der Waals surface area contributed by atoms with Crippen molar-refractivity contribution in [2.75, 3.05) is 0 Å². The number of rotatable bonds is 4. The number of benzene rings is 1. The molecule has 1 N–H and O–H groups in total. The van der Waals surface area contributed by atoms with E-state index in [2.05, 4.69) is 10.5 Å². The number of nitrogens with one attached hydrogen (secondary N) is 1. The van der Waals surface area contributed by atoms with E-state index in [9.17, 15) is 0 Å². The zero-order valence-corrected chi connectivity index (χ0v) is 10.8. The van der Waals surface area contributed by atoms with E-state index in [0.29, 0.717) is 23.1 Å². The molecule has 5 heteroatoms. The van der Waals surface area contributed by atoms with Gasteiger partial charge < -0.3 is 9.84 Å². The molecule has 0 aliphatic heterocycles. The van der Waals surface area contributed by atoms with Gasteiger partial charge in [0.1, 0.15) is 5.76 Å². The Morgan fingerprint density at radius 3 is 2.71 bits per heavy atom. The summed E-state index contributed by atoms with van der Waals surface area (Å²) in [6.45, 7) is 3.19. The van der Waals surface area contributed by atoms with Crippen LogP contribution in [0.3, 0.4) is 0 Å². The van der Waals surface area contributed by atoms with E-state index in [4.69, 9.17) is 27.7 Å². The van der Waals surface area contributed by atoms with Gasteiger partial charge in [0.25, 0.3) is 0 Å². The SMILES string of the molecule is Cc1cc(CNCc2ccc(Cl)cc2Cl)no1. The molecular weight excluding hydrogens is 259 g/mol. The Bertz CT molecular complexity index is 511. The summed E-state index contributed by atoms with van der Waals surface area (Å²) in [5, 5.41) is 8.45. The molecule has 3 nitrogen and oxygen atoms in total. The molecule has 1 aromatic carbocycles. The van der Waals surface area contributed by atoms with Gasteiger partial charge in [-0.1, -0.05) is 34.4 Å². The second-order valence-corrected chi connectivity index (χ2v) is 4.61. The predicted octanol–water partition coefficient (Wildman–Crippen LogP) is 3.58. The normalized spacial score (nSPS) is 10.8. The van der Waals surface area contributed by atoms with Gasteiger partial charge in [0.15, 0.2) is 0 Å². The Kier molecular flexibility index (Phi) is 4.05. The Balaban J connectivity index is 1.90. The first-order valence-electron chi connectivity index (χ1n) is 5.22. The average molecular weight is 271 g/mol. The molecule has 0 amide bonds. The Labute approximate surface area is 110 Å². The van der Waals surface area contributed by atoms with Crippen molar-refractivity contribution in [3.8, 4) is 0 Å². The number of aryl methyl sites for hydroxylation is 1. The maximum absolute atomic E-state index is 6.06. The van der Waals surface area contributed by atoms with Crippen LogP contribution in [-0.4, -0.2) is 5.16 Å². The number of hydrogen-bond acceptors (Lipinski definition) is 3. The molecule has 17 heavy (non-hydrogen) atoms. The number of halogens is 2. The van der Waals surface area contributed by atoms with E-state index in [1.165, 1.54) is 0 Å². The molecule has 0 saturated carbocycles. The van der Waals surface area contributed by atoms with Crippen LogP contribution in [0.1, 0.15) is 17.0 Å². The van der Waals surface area contributed by atoms with E-state index in [0.717, 1.165) is 17.0 Å². The molecule has 2 rings (SSSR count). The molecule has 90 valence electrons. The molecular formula is C12H12Cl2N2O. The second-order valence-electron chi connectivity index (χ2n) is 3.77. The highest BCUT2D eigenvalue weighted by Crippen LogP contribution is 2.20. The quantitative estimate of drug-likeness (QED) is 0.923. The molecule has 0 radical (unpaired) electrons. The van der Waals surface area contributed by atoms with E-state index in [-0.39, 0.29) is 0 Å². The second kappa shape index (κ2) is 5.54. The summed E-state index contributed by atoms with van der Waals surface area (Å²) in [4.78, 5) is 0. The first kappa shape index (κ1) is 12.4. The third kappa shape index (κ3) is 3.46.